The summed E-state index contributed by atoms with van der Waals surface area (Å²) in [5.41, 5.74) is 8.75. The zero-order chi connectivity index (χ0) is 13.1. The van der Waals surface area contributed by atoms with Crippen molar-refractivity contribution in [2.24, 2.45) is 5.73 Å². The molecule has 0 saturated carbocycles. The summed E-state index contributed by atoms with van der Waals surface area (Å²) in [6.07, 6.45) is 3.47. The van der Waals surface area contributed by atoms with Crippen molar-refractivity contribution in [2.45, 2.75) is 32.4 Å². The molecule has 0 radical (unpaired) electrons. The van der Waals surface area contributed by atoms with Crippen molar-refractivity contribution in [2.75, 3.05) is 18.6 Å². The zero-order valence-electron chi connectivity index (χ0n) is 11.0. The fourth-order valence-electron chi connectivity index (χ4n) is 2.44. The maximum absolute atomic E-state index is 11.5. The molecule has 1 aliphatic rings. The van der Waals surface area contributed by atoms with Crippen molar-refractivity contribution in [1.82, 2.24) is 0 Å². The molecule has 1 atom stereocenters. The van der Waals surface area contributed by atoms with E-state index in [1.165, 1.54) is 20.0 Å². The molecule has 0 spiro atoms. The number of nitrogens with two attached hydrogens (primary N) is 1. The van der Waals surface area contributed by atoms with E-state index in [1.807, 2.05) is 25.1 Å². The summed E-state index contributed by atoms with van der Waals surface area (Å²) >= 11 is 0. The van der Waals surface area contributed by atoms with Gasteiger partial charge in [-0.05, 0) is 49.9 Å². The summed E-state index contributed by atoms with van der Waals surface area (Å²) < 4.78 is 4.75. The SMILES string of the molecule is COC(=O)c1ccc(N2CCCCC2N)cc1C. The first kappa shape index (κ1) is 12.9. The Morgan fingerprint density at radius 1 is 1.44 bits per heavy atom. The number of anilines is 1. The number of esters is 1. The molecular formula is C14H20N2O2. The molecule has 1 aliphatic heterocycles. The average molecular weight is 248 g/mol. The highest BCUT2D eigenvalue weighted by atomic mass is 16.5. The molecular weight excluding hydrogens is 228 g/mol. The van der Waals surface area contributed by atoms with Crippen LogP contribution in [-0.2, 0) is 4.74 Å². The maximum Gasteiger partial charge on any atom is 0.338 e. The topological polar surface area (TPSA) is 55.6 Å². The zero-order valence-corrected chi connectivity index (χ0v) is 11.0. The van der Waals surface area contributed by atoms with E-state index < -0.39 is 0 Å². The van der Waals surface area contributed by atoms with Gasteiger partial charge in [0.05, 0.1) is 18.8 Å². The van der Waals surface area contributed by atoms with Gasteiger partial charge in [0.2, 0.25) is 0 Å². The van der Waals surface area contributed by atoms with Crippen LogP contribution in [-0.4, -0.2) is 25.8 Å². The number of benzene rings is 1. The van der Waals surface area contributed by atoms with Gasteiger partial charge in [-0.1, -0.05) is 0 Å². The maximum atomic E-state index is 11.5. The number of ether oxygens (including phenoxy) is 1. The molecule has 98 valence electrons. The van der Waals surface area contributed by atoms with Crippen LogP contribution in [0.5, 0.6) is 0 Å². The van der Waals surface area contributed by atoms with Gasteiger partial charge in [-0.15, -0.1) is 0 Å². The first-order valence-corrected chi connectivity index (χ1v) is 6.34. The largest absolute Gasteiger partial charge is 0.465 e. The minimum absolute atomic E-state index is 0.0853. The van der Waals surface area contributed by atoms with Gasteiger partial charge in [-0.2, -0.15) is 0 Å². The van der Waals surface area contributed by atoms with E-state index in [4.69, 9.17) is 10.5 Å². The number of carbonyl (C=O) groups is 1. The Morgan fingerprint density at radius 2 is 2.22 bits per heavy atom. The fraction of sp³-hybridized carbons (Fsp3) is 0.500. The summed E-state index contributed by atoms with van der Waals surface area (Å²) in [6, 6.07) is 5.78. The number of carbonyl (C=O) groups excluding carboxylic acids is 1. The first-order chi connectivity index (χ1) is 8.63. The molecule has 0 aromatic heterocycles. The average Bonchev–Trinajstić information content (AvgIpc) is 2.38. The van der Waals surface area contributed by atoms with Crippen LogP contribution in [0.25, 0.3) is 0 Å². The van der Waals surface area contributed by atoms with Gasteiger partial charge in [0.15, 0.2) is 0 Å². The van der Waals surface area contributed by atoms with E-state index in [0.29, 0.717) is 5.56 Å². The molecule has 1 aromatic rings. The van der Waals surface area contributed by atoms with Crippen LogP contribution < -0.4 is 10.6 Å². The van der Waals surface area contributed by atoms with Crippen LogP contribution in [0.3, 0.4) is 0 Å². The highest BCUT2D eigenvalue weighted by molar-refractivity contribution is 5.91. The molecule has 0 amide bonds. The van der Waals surface area contributed by atoms with E-state index in [-0.39, 0.29) is 12.1 Å². The number of methoxy groups -OCH3 is 1. The summed E-state index contributed by atoms with van der Waals surface area (Å²) in [6.45, 7) is 2.91. The Balaban J connectivity index is 2.25. The molecule has 0 bridgehead atoms. The van der Waals surface area contributed by atoms with Crippen LogP contribution in [0.2, 0.25) is 0 Å². The quantitative estimate of drug-likeness (QED) is 0.814. The predicted molar refractivity (Wildman–Crippen MR) is 71.7 cm³/mol. The molecule has 4 nitrogen and oxygen atoms in total. The lowest BCUT2D eigenvalue weighted by Crippen LogP contribution is -2.45. The molecule has 1 unspecified atom stereocenters. The molecule has 1 fully saturated rings. The molecule has 18 heavy (non-hydrogen) atoms. The van der Waals surface area contributed by atoms with Crippen LogP contribution >= 0.6 is 0 Å². The summed E-state index contributed by atoms with van der Waals surface area (Å²) in [5, 5.41) is 0. The van der Waals surface area contributed by atoms with Gasteiger partial charge in [0.25, 0.3) is 0 Å². The van der Waals surface area contributed by atoms with Crippen LogP contribution in [0.4, 0.5) is 5.69 Å². The van der Waals surface area contributed by atoms with Gasteiger partial charge in [0.1, 0.15) is 0 Å². The van der Waals surface area contributed by atoms with E-state index in [2.05, 4.69) is 4.90 Å². The van der Waals surface area contributed by atoms with Crippen molar-refractivity contribution in [1.29, 1.82) is 0 Å². The number of nitrogens with zero attached hydrogens (tertiary/aromatic N) is 1. The van der Waals surface area contributed by atoms with E-state index in [1.54, 1.807) is 0 Å². The lowest BCUT2D eigenvalue weighted by atomic mass is 10.0. The van der Waals surface area contributed by atoms with Gasteiger partial charge in [-0.25, -0.2) is 4.79 Å². The Morgan fingerprint density at radius 3 is 2.83 bits per heavy atom. The second kappa shape index (κ2) is 5.40. The standard InChI is InChI=1S/C14H20N2O2/c1-10-9-11(6-7-12(10)14(17)18-2)16-8-4-3-5-13(16)15/h6-7,9,13H,3-5,8,15H2,1-2H3. The number of hydrogen-bond donors (Lipinski definition) is 1. The van der Waals surface area contributed by atoms with E-state index in [9.17, 15) is 4.79 Å². The first-order valence-electron chi connectivity index (χ1n) is 6.34. The van der Waals surface area contributed by atoms with Crippen molar-refractivity contribution in [3.63, 3.8) is 0 Å². The molecule has 1 heterocycles. The molecule has 4 heteroatoms. The second-order valence-electron chi connectivity index (χ2n) is 4.75. The molecule has 0 aliphatic carbocycles. The lowest BCUT2D eigenvalue weighted by molar-refractivity contribution is 0.0600. The lowest BCUT2D eigenvalue weighted by Gasteiger charge is -2.35. The molecule has 2 rings (SSSR count). The van der Waals surface area contributed by atoms with Gasteiger partial charge >= 0.3 is 5.97 Å². The van der Waals surface area contributed by atoms with Crippen molar-refractivity contribution >= 4 is 11.7 Å². The van der Waals surface area contributed by atoms with E-state index in [0.717, 1.165) is 24.2 Å². The third kappa shape index (κ3) is 2.48. The summed E-state index contributed by atoms with van der Waals surface area (Å²) in [5.74, 6) is -0.290. The van der Waals surface area contributed by atoms with Gasteiger partial charge in [-0.3, -0.25) is 0 Å². The Hall–Kier alpha value is -1.55. The molecule has 1 saturated heterocycles. The summed E-state index contributed by atoms with van der Waals surface area (Å²) in [4.78, 5) is 13.7. The Bertz CT molecular complexity index is 445. The third-order valence-corrected chi connectivity index (χ3v) is 3.50. The second-order valence-corrected chi connectivity index (χ2v) is 4.75. The minimum atomic E-state index is -0.290. The predicted octanol–water partition coefficient (Wildman–Crippen LogP) is 2.06. The molecule has 1 aromatic carbocycles. The van der Waals surface area contributed by atoms with E-state index >= 15 is 0 Å². The minimum Gasteiger partial charge on any atom is -0.465 e. The van der Waals surface area contributed by atoms with Crippen molar-refractivity contribution in [3.8, 4) is 0 Å². The highest BCUT2D eigenvalue weighted by Gasteiger charge is 2.20. The normalized spacial score (nSPS) is 19.7. The smallest absolute Gasteiger partial charge is 0.338 e. The highest BCUT2D eigenvalue weighted by Crippen LogP contribution is 2.25. The number of piperidine rings is 1. The Labute approximate surface area is 108 Å². The Kier molecular flexibility index (Phi) is 3.87. The van der Waals surface area contributed by atoms with Crippen LogP contribution in [0.15, 0.2) is 18.2 Å². The monoisotopic (exact) mass is 248 g/mol. The summed E-state index contributed by atoms with van der Waals surface area (Å²) in [7, 11) is 1.40. The fourth-order valence-corrected chi connectivity index (χ4v) is 2.44. The van der Waals surface area contributed by atoms with Crippen LogP contribution in [0.1, 0.15) is 35.2 Å². The number of hydrogen-bond acceptors (Lipinski definition) is 4. The number of aryl methyl sites for hydroxylation is 1. The van der Waals surface area contributed by atoms with Crippen molar-refractivity contribution in [3.05, 3.63) is 29.3 Å². The molecule has 2 N–H and O–H groups in total. The van der Waals surface area contributed by atoms with Crippen LogP contribution in [0, 0.1) is 6.92 Å². The van der Waals surface area contributed by atoms with Gasteiger partial charge in [0, 0.05) is 12.2 Å². The van der Waals surface area contributed by atoms with Gasteiger partial charge < -0.3 is 15.4 Å². The van der Waals surface area contributed by atoms with Crippen molar-refractivity contribution < 1.29 is 9.53 Å². The third-order valence-electron chi connectivity index (χ3n) is 3.50. The number of rotatable bonds is 2.